The SMILES string of the molecule is COC(=O)c1cccc(-c2ccc3c(c2)CC[C@H](c2cc(F)c(F)cc2F)O3)c1. The maximum absolute atomic E-state index is 14.1. The van der Waals surface area contributed by atoms with Crippen LogP contribution in [0, 0.1) is 17.5 Å². The minimum atomic E-state index is -1.22. The van der Waals surface area contributed by atoms with Gasteiger partial charge in [0.05, 0.1) is 12.7 Å². The molecule has 1 aliphatic heterocycles. The second kappa shape index (κ2) is 7.62. The Bertz CT molecular complexity index is 1090. The Morgan fingerprint density at radius 1 is 0.966 bits per heavy atom. The first-order chi connectivity index (χ1) is 14.0. The van der Waals surface area contributed by atoms with Crippen LogP contribution < -0.4 is 4.74 Å². The van der Waals surface area contributed by atoms with Gasteiger partial charge in [-0.15, -0.1) is 0 Å². The number of methoxy groups -OCH3 is 1. The van der Waals surface area contributed by atoms with E-state index in [-0.39, 0.29) is 5.56 Å². The van der Waals surface area contributed by atoms with Gasteiger partial charge >= 0.3 is 5.97 Å². The molecule has 0 spiro atoms. The second-order valence-electron chi connectivity index (χ2n) is 6.83. The van der Waals surface area contributed by atoms with Crippen molar-refractivity contribution in [3.05, 3.63) is 88.7 Å². The van der Waals surface area contributed by atoms with Crippen molar-refractivity contribution in [3.63, 3.8) is 0 Å². The van der Waals surface area contributed by atoms with Gasteiger partial charge in [-0.25, -0.2) is 18.0 Å². The topological polar surface area (TPSA) is 35.5 Å². The van der Waals surface area contributed by atoms with E-state index in [9.17, 15) is 18.0 Å². The van der Waals surface area contributed by atoms with E-state index >= 15 is 0 Å². The van der Waals surface area contributed by atoms with E-state index in [1.54, 1.807) is 24.3 Å². The lowest BCUT2D eigenvalue weighted by molar-refractivity contribution is 0.0600. The van der Waals surface area contributed by atoms with Gasteiger partial charge in [-0.05, 0) is 59.9 Å². The predicted octanol–water partition coefficient (Wildman–Crippen LogP) is 5.62. The van der Waals surface area contributed by atoms with Gasteiger partial charge < -0.3 is 9.47 Å². The maximum atomic E-state index is 14.1. The maximum Gasteiger partial charge on any atom is 0.337 e. The minimum absolute atomic E-state index is 0.00408. The van der Waals surface area contributed by atoms with E-state index in [0.29, 0.717) is 30.2 Å². The van der Waals surface area contributed by atoms with E-state index in [0.717, 1.165) is 22.8 Å². The number of ether oxygens (including phenoxy) is 2. The van der Waals surface area contributed by atoms with Crippen LogP contribution in [0.2, 0.25) is 0 Å². The van der Waals surface area contributed by atoms with E-state index in [1.807, 2.05) is 18.2 Å². The van der Waals surface area contributed by atoms with Crippen LogP contribution in [-0.2, 0) is 11.2 Å². The van der Waals surface area contributed by atoms with Crippen LogP contribution >= 0.6 is 0 Å². The van der Waals surface area contributed by atoms with Gasteiger partial charge in [0.25, 0.3) is 0 Å². The number of aryl methyl sites for hydroxylation is 1. The molecule has 0 aliphatic carbocycles. The van der Waals surface area contributed by atoms with Crippen molar-refractivity contribution < 1.29 is 27.4 Å². The lowest BCUT2D eigenvalue weighted by atomic mass is 9.94. The average Bonchev–Trinajstić information content (AvgIpc) is 2.75. The van der Waals surface area contributed by atoms with Crippen molar-refractivity contribution in [2.75, 3.05) is 7.11 Å². The number of benzene rings is 3. The molecule has 29 heavy (non-hydrogen) atoms. The molecule has 3 nitrogen and oxygen atoms in total. The summed E-state index contributed by atoms with van der Waals surface area (Å²) in [5, 5.41) is 0. The number of fused-ring (bicyclic) bond motifs is 1. The van der Waals surface area contributed by atoms with Crippen molar-refractivity contribution in [1.29, 1.82) is 0 Å². The molecule has 0 bridgehead atoms. The number of hydrogen-bond donors (Lipinski definition) is 0. The molecular weight excluding hydrogens is 381 g/mol. The predicted molar refractivity (Wildman–Crippen MR) is 101 cm³/mol. The summed E-state index contributed by atoms with van der Waals surface area (Å²) in [7, 11) is 1.33. The highest BCUT2D eigenvalue weighted by molar-refractivity contribution is 5.91. The molecule has 4 rings (SSSR count). The van der Waals surface area contributed by atoms with Gasteiger partial charge in [0.1, 0.15) is 17.7 Å². The van der Waals surface area contributed by atoms with Crippen LogP contribution in [0.15, 0.2) is 54.6 Å². The fourth-order valence-corrected chi connectivity index (χ4v) is 3.52. The first-order valence-electron chi connectivity index (χ1n) is 9.09. The van der Waals surface area contributed by atoms with Crippen LogP contribution in [0.1, 0.15) is 34.0 Å². The van der Waals surface area contributed by atoms with Crippen LogP contribution in [0.25, 0.3) is 11.1 Å². The zero-order valence-corrected chi connectivity index (χ0v) is 15.5. The molecule has 0 N–H and O–H groups in total. The molecule has 148 valence electrons. The molecule has 1 heterocycles. The van der Waals surface area contributed by atoms with Crippen molar-refractivity contribution in [3.8, 4) is 16.9 Å². The Kier molecular flexibility index (Phi) is 5.01. The van der Waals surface area contributed by atoms with Gasteiger partial charge in [-0.2, -0.15) is 0 Å². The summed E-state index contributed by atoms with van der Waals surface area (Å²) in [6.07, 6.45) is 0.329. The number of carbonyl (C=O) groups excluding carboxylic acids is 1. The molecule has 1 aliphatic rings. The Balaban J connectivity index is 1.61. The molecule has 0 fully saturated rings. The van der Waals surface area contributed by atoms with Crippen LogP contribution in [0.5, 0.6) is 5.75 Å². The van der Waals surface area contributed by atoms with Gasteiger partial charge in [0.15, 0.2) is 11.6 Å². The molecule has 0 aromatic heterocycles. The Labute approximate surface area is 165 Å². The number of esters is 1. The molecule has 0 radical (unpaired) electrons. The molecule has 3 aromatic carbocycles. The highest BCUT2D eigenvalue weighted by atomic mass is 19.2. The van der Waals surface area contributed by atoms with Gasteiger partial charge in [0.2, 0.25) is 0 Å². The lowest BCUT2D eigenvalue weighted by Gasteiger charge is -2.27. The van der Waals surface area contributed by atoms with Crippen molar-refractivity contribution in [2.24, 2.45) is 0 Å². The normalized spacial score (nSPS) is 15.4. The summed E-state index contributed by atoms with van der Waals surface area (Å²) >= 11 is 0. The Hall–Kier alpha value is -3.28. The molecule has 1 atom stereocenters. The fraction of sp³-hybridized carbons (Fsp3) is 0.174. The lowest BCUT2D eigenvalue weighted by Crippen LogP contribution is -2.17. The molecule has 0 saturated heterocycles. The number of rotatable bonds is 3. The first kappa shape index (κ1) is 19.1. The molecule has 0 saturated carbocycles. The zero-order chi connectivity index (χ0) is 20.5. The van der Waals surface area contributed by atoms with Crippen LogP contribution in [-0.4, -0.2) is 13.1 Å². The molecule has 0 amide bonds. The van der Waals surface area contributed by atoms with E-state index in [2.05, 4.69) is 0 Å². The third-order valence-corrected chi connectivity index (χ3v) is 5.01. The summed E-state index contributed by atoms with van der Waals surface area (Å²) in [4.78, 5) is 11.7. The molecular formula is C23H17F3O3. The summed E-state index contributed by atoms with van der Waals surface area (Å²) in [6, 6.07) is 14.0. The third kappa shape index (κ3) is 3.70. The zero-order valence-electron chi connectivity index (χ0n) is 15.5. The number of halogens is 3. The monoisotopic (exact) mass is 398 g/mol. The number of carbonyl (C=O) groups is 1. The van der Waals surface area contributed by atoms with E-state index in [1.165, 1.54) is 7.11 Å². The Morgan fingerprint density at radius 2 is 1.72 bits per heavy atom. The summed E-state index contributed by atoms with van der Waals surface area (Å²) < 4.78 is 51.4. The Morgan fingerprint density at radius 3 is 2.52 bits per heavy atom. The quantitative estimate of drug-likeness (QED) is 0.424. The van der Waals surface area contributed by atoms with Crippen molar-refractivity contribution in [1.82, 2.24) is 0 Å². The molecule has 3 aromatic rings. The van der Waals surface area contributed by atoms with Gasteiger partial charge in [-0.3, -0.25) is 0 Å². The highest BCUT2D eigenvalue weighted by Crippen LogP contribution is 2.38. The minimum Gasteiger partial charge on any atom is -0.485 e. The fourth-order valence-electron chi connectivity index (χ4n) is 3.52. The van der Waals surface area contributed by atoms with Crippen LogP contribution in [0.4, 0.5) is 13.2 Å². The second-order valence-corrected chi connectivity index (χ2v) is 6.83. The largest absolute Gasteiger partial charge is 0.485 e. The molecule has 6 heteroatoms. The van der Waals surface area contributed by atoms with Gasteiger partial charge in [-0.1, -0.05) is 18.2 Å². The number of hydrogen-bond acceptors (Lipinski definition) is 3. The van der Waals surface area contributed by atoms with Crippen molar-refractivity contribution >= 4 is 5.97 Å². The summed E-state index contributed by atoms with van der Waals surface area (Å²) in [6.45, 7) is 0. The summed E-state index contributed by atoms with van der Waals surface area (Å²) in [5.41, 5.74) is 3.13. The van der Waals surface area contributed by atoms with Crippen molar-refractivity contribution in [2.45, 2.75) is 18.9 Å². The van der Waals surface area contributed by atoms with E-state index < -0.39 is 29.5 Å². The smallest absolute Gasteiger partial charge is 0.337 e. The summed E-state index contributed by atoms with van der Waals surface area (Å²) in [5.74, 6) is -2.99. The average molecular weight is 398 g/mol. The highest BCUT2D eigenvalue weighted by Gasteiger charge is 2.25. The third-order valence-electron chi connectivity index (χ3n) is 5.01. The van der Waals surface area contributed by atoms with E-state index in [4.69, 9.17) is 9.47 Å². The first-order valence-corrected chi connectivity index (χ1v) is 9.09. The molecule has 0 unspecified atom stereocenters. The standard InChI is InChI=1S/C23H17F3O3/c1-28-23(27)16-4-2-3-13(10-16)14-5-7-21-15(9-14)6-8-22(29-21)17-11-19(25)20(26)12-18(17)24/h2-5,7,9-12,22H,6,8H2,1H3/t22-/m1/s1. The van der Waals surface area contributed by atoms with Gasteiger partial charge in [0, 0.05) is 11.6 Å². The van der Waals surface area contributed by atoms with Crippen LogP contribution in [0.3, 0.4) is 0 Å².